The number of hydrogen-bond donors (Lipinski definition) is 3. The smallest absolute Gasteiger partial charge is 0.270 e. The Bertz CT molecular complexity index is 690. The van der Waals surface area contributed by atoms with Crippen molar-refractivity contribution in [2.24, 2.45) is 5.84 Å². The Morgan fingerprint density at radius 1 is 1.33 bits per heavy atom. The molecule has 0 saturated carbocycles. The van der Waals surface area contributed by atoms with Crippen molar-refractivity contribution in [3.8, 4) is 0 Å². The molecule has 2 aromatic rings. The number of nitrogens with two attached hydrogens (primary N) is 1. The van der Waals surface area contributed by atoms with Crippen molar-refractivity contribution >= 4 is 23.1 Å². The van der Waals surface area contributed by atoms with Crippen LogP contribution in [0.15, 0.2) is 36.5 Å². The summed E-state index contributed by atoms with van der Waals surface area (Å²) in [4.78, 5) is 25.9. The number of nitro benzene ring substituents is 1. The van der Waals surface area contributed by atoms with Gasteiger partial charge in [-0.25, -0.2) is 9.37 Å². The van der Waals surface area contributed by atoms with Gasteiger partial charge in [0.05, 0.1) is 22.4 Å². The van der Waals surface area contributed by atoms with Crippen molar-refractivity contribution in [2.45, 2.75) is 0 Å². The van der Waals surface area contributed by atoms with Gasteiger partial charge in [0.2, 0.25) is 0 Å². The standard InChI is InChI=1S/C12H10FN5O3/c13-7-1-4-11(15-6-7)16-12(19)9-5-8(18(20)21)2-3-10(9)17-14/h1-6,17H,14H2,(H,15,16,19). The molecule has 21 heavy (non-hydrogen) atoms. The molecule has 0 spiro atoms. The van der Waals surface area contributed by atoms with Gasteiger partial charge in [0.25, 0.3) is 11.6 Å². The first kappa shape index (κ1) is 14.3. The molecule has 1 amide bonds. The lowest BCUT2D eigenvalue weighted by atomic mass is 10.1. The fraction of sp³-hybridized carbons (Fsp3) is 0. The molecule has 1 aromatic heterocycles. The van der Waals surface area contributed by atoms with E-state index in [2.05, 4.69) is 15.7 Å². The van der Waals surface area contributed by atoms with Gasteiger partial charge in [-0.15, -0.1) is 0 Å². The van der Waals surface area contributed by atoms with E-state index < -0.39 is 16.6 Å². The number of carbonyl (C=O) groups excluding carboxylic acids is 1. The molecule has 0 radical (unpaired) electrons. The Hall–Kier alpha value is -3.07. The second-order valence-corrected chi connectivity index (χ2v) is 3.95. The highest BCUT2D eigenvalue weighted by molar-refractivity contribution is 6.08. The van der Waals surface area contributed by atoms with Crippen LogP contribution in [0.3, 0.4) is 0 Å². The van der Waals surface area contributed by atoms with E-state index in [4.69, 9.17) is 5.84 Å². The van der Waals surface area contributed by atoms with Crippen molar-refractivity contribution in [1.82, 2.24) is 4.98 Å². The van der Waals surface area contributed by atoms with Gasteiger partial charge in [-0.05, 0) is 18.2 Å². The number of nitrogens with one attached hydrogen (secondary N) is 2. The summed E-state index contributed by atoms with van der Waals surface area (Å²) in [6.07, 6.45) is 0.936. The first-order valence-electron chi connectivity index (χ1n) is 5.69. The van der Waals surface area contributed by atoms with Crippen molar-refractivity contribution in [3.63, 3.8) is 0 Å². The molecule has 0 aliphatic carbocycles. The predicted molar refractivity (Wildman–Crippen MR) is 73.1 cm³/mol. The Kier molecular flexibility index (Phi) is 4.05. The number of amides is 1. The second-order valence-electron chi connectivity index (χ2n) is 3.95. The zero-order valence-corrected chi connectivity index (χ0v) is 10.5. The lowest BCUT2D eigenvalue weighted by Gasteiger charge is -2.09. The maximum atomic E-state index is 12.7. The highest BCUT2D eigenvalue weighted by Gasteiger charge is 2.17. The average molecular weight is 291 g/mol. The molecule has 9 heteroatoms. The summed E-state index contributed by atoms with van der Waals surface area (Å²) < 4.78 is 12.7. The number of nitrogens with zero attached hydrogens (tertiary/aromatic N) is 2. The van der Waals surface area contributed by atoms with Gasteiger partial charge in [-0.2, -0.15) is 0 Å². The molecule has 0 bridgehead atoms. The van der Waals surface area contributed by atoms with E-state index in [1.807, 2.05) is 0 Å². The molecule has 0 atom stereocenters. The number of aromatic nitrogens is 1. The van der Waals surface area contributed by atoms with E-state index in [0.29, 0.717) is 0 Å². The van der Waals surface area contributed by atoms with Gasteiger partial charge in [-0.3, -0.25) is 20.8 Å². The van der Waals surface area contributed by atoms with Crippen molar-refractivity contribution < 1.29 is 14.1 Å². The van der Waals surface area contributed by atoms with Crippen LogP contribution in [-0.4, -0.2) is 15.8 Å². The number of hydrogen-bond acceptors (Lipinski definition) is 6. The third-order valence-electron chi connectivity index (χ3n) is 2.58. The van der Waals surface area contributed by atoms with Crippen LogP contribution >= 0.6 is 0 Å². The normalized spacial score (nSPS) is 10.0. The van der Waals surface area contributed by atoms with Crippen LogP contribution in [0.25, 0.3) is 0 Å². The molecule has 8 nitrogen and oxygen atoms in total. The Balaban J connectivity index is 2.30. The number of hydrazine groups is 1. The number of benzene rings is 1. The largest absolute Gasteiger partial charge is 0.323 e. The van der Waals surface area contributed by atoms with Crippen LogP contribution < -0.4 is 16.6 Å². The third kappa shape index (κ3) is 3.28. The van der Waals surface area contributed by atoms with Gasteiger partial charge in [0.1, 0.15) is 11.6 Å². The van der Waals surface area contributed by atoms with E-state index in [1.165, 1.54) is 18.2 Å². The van der Waals surface area contributed by atoms with Crippen LogP contribution in [0.2, 0.25) is 0 Å². The summed E-state index contributed by atoms with van der Waals surface area (Å²) in [5.41, 5.74) is 2.19. The minimum absolute atomic E-state index is 0.0298. The predicted octanol–water partition coefficient (Wildman–Crippen LogP) is 1.67. The molecule has 0 saturated heterocycles. The van der Waals surface area contributed by atoms with Crippen LogP contribution in [0.4, 0.5) is 21.6 Å². The number of anilines is 2. The first-order chi connectivity index (χ1) is 10.0. The zero-order valence-electron chi connectivity index (χ0n) is 10.5. The van der Waals surface area contributed by atoms with Crippen LogP contribution in [0.1, 0.15) is 10.4 Å². The molecule has 0 aliphatic rings. The Labute approximate surface area is 117 Å². The number of rotatable bonds is 4. The summed E-state index contributed by atoms with van der Waals surface area (Å²) in [6, 6.07) is 5.99. The first-order valence-corrected chi connectivity index (χ1v) is 5.69. The zero-order chi connectivity index (χ0) is 15.4. The van der Waals surface area contributed by atoms with Crippen molar-refractivity contribution in [1.29, 1.82) is 0 Å². The number of non-ortho nitro benzene ring substituents is 1. The molecule has 108 valence electrons. The van der Waals surface area contributed by atoms with E-state index in [-0.39, 0.29) is 22.8 Å². The summed E-state index contributed by atoms with van der Waals surface area (Å²) in [5.74, 6) is 4.16. The number of pyridine rings is 1. The van der Waals surface area contributed by atoms with Crippen molar-refractivity contribution in [3.05, 3.63) is 58.0 Å². The lowest BCUT2D eigenvalue weighted by molar-refractivity contribution is -0.384. The van der Waals surface area contributed by atoms with E-state index in [1.54, 1.807) is 0 Å². The molecule has 4 N–H and O–H groups in total. The number of nitro groups is 1. The third-order valence-corrected chi connectivity index (χ3v) is 2.58. The summed E-state index contributed by atoms with van der Waals surface area (Å²) in [6.45, 7) is 0. The minimum atomic E-state index is -0.661. The van der Waals surface area contributed by atoms with E-state index >= 15 is 0 Å². The molecule has 0 fully saturated rings. The Morgan fingerprint density at radius 3 is 2.67 bits per heavy atom. The van der Waals surface area contributed by atoms with Gasteiger partial charge < -0.3 is 10.7 Å². The molecule has 0 aliphatic heterocycles. The van der Waals surface area contributed by atoms with E-state index in [9.17, 15) is 19.3 Å². The van der Waals surface area contributed by atoms with Gasteiger partial charge in [0.15, 0.2) is 0 Å². The number of carbonyl (C=O) groups is 1. The van der Waals surface area contributed by atoms with Crippen molar-refractivity contribution in [2.75, 3.05) is 10.7 Å². The minimum Gasteiger partial charge on any atom is -0.323 e. The Morgan fingerprint density at radius 2 is 2.10 bits per heavy atom. The quantitative estimate of drug-likeness (QED) is 0.447. The number of halogens is 1. The maximum Gasteiger partial charge on any atom is 0.270 e. The monoisotopic (exact) mass is 291 g/mol. The SMILES string of the molecule is NNc1ccc([N+](=O)[O-])cc1C(=O)Nc1ccc(F)cn1. The van der Waals surface area contributed by atoms with Crippen LogP contribution in [-0.2, 0) is 0 Å². The summed E-state index contributed by atoms with van der Waals surface area (Å²) >= 11 is 0. The summed E-state index contributed by atoms with van der Waals surface area (Å²) in [5, 5.41) is 13.1. The van der Waals surface area contributed by atoms with Crippen LogP contribution in [0, 0.1) is 15.9 Å². The fourth-order valence-corrected chi connectivity index (χ4v) is 1.59. The van der Waals surface area contributed by atoms with E-state index in [0.717, 1.165) is 18.3 Å². The maximum absolute atomic E-state index is 12.7. The lowest BCUT2D eigenvalue weighted by Crippen LogP contribution is -2.18. The average Bonchev–Trinajstić information content (AvgIpc) is 2.48. The molecular formula is C12H10FN5O3. The number of nitrogen functional groups attached to an aromatic ring is 1. The van der Waals surface area contributed by atoms with Gasteiger partial charge in [-0.1, -0.05) is 0 Å². The van der Waals surface area contributed by atoms with Crippen LogP contribution in [0.5, 0.6) is 0 Å². The molecule has 1 heterocycles. The molecule has 1 aromatic carbocycles. The molecule has 2 rings (SSSR count). The molecule has 0 unspecified atom stereocenters. The molecular weight excluding hydrogens is 281 g/mol. The van der Waals surface area contributed by atoms with Gasteiger partial charge >= 0.3 is 0 Å². The second kappa shape index (κ2) is 5.92. The summed E-state index contributed by atoms with van der Waals surface area (Å²) in [7, 11) is 0. The topological polar surface area (TPSA) is 123 Å². The highest BCUT2D eigenvalue weighted by Crippen LogP contribution is 2.22. The fourth-order valence-electron chi connectivity index (χ4n) is 1.59. The highest BCUT2D eigenvalue weighted by atomic mass is 19.1. The van der Waals surface area contributed by atoms with Gasteiger partial charge in [0, 0.05) is 12.1 Å².